The van der Waals surface area contributed by atoms with Crippen LogP contribution >= 0.6 is 23.2 Å². The highest BCUT2D eigenvalue weighted by molar-refractivity contribution is 6.28. The van der Waals surface area contributed by atoms with Crippen LogP contribution in [0, 0.1) is 0 Å². The summed E-state index contributed by atoms with van der Waals surface area (Å²) in [6.07, 6.45) is -10.4. The quantitative estimate of drug-likeness (QED) is 0.436. The van der Waals surface area contributed by atoms with Crippen LogP contribution in [0.3, 0.4) is 0 Å². The molecule has 2 nitrogen and oxygen atoms in total. The van der Waals surface area contributed by atoms with Crippen molar-refractivity contribution in [1.82, 2.24) is 0 Å². The van der Waals surface area contributed by atoms with E-state index in [2.05, 4.69) is 32.7 Å². The van der Waals surface area contributed by atoms with Crippen molar-refractivity contribution in [2.45, 2.75) is 6.29 Å². The maximum absolute atomic E-state index is 12.3. The largest absolute Gasteiger partial charge is 0.587 e. The van der Waals surface area contributed by atoms with Gasteiger partial charge in [0, 0.05) is 0 Å². The van der Waals surface area contributed by atoms with E-state index >= 15 is 0 Å². The molecule has 88 valence electrons. The summed E-state index contributed by atoms with van der Waals surface area (Å²) in [7, 11) is 0. The molecule has 0 radical (unpaired) electrons. The molecule has 0 aliphatic rings. The lowest BCUT2D eigenvalue weighted by Gasteiger charge is -2.15. The van der Waals surface area contributed by atoms with Crippen LogP contribution in [-0.4, -0.2) is 6.29 Å². The topological polar surface area (TPSA) is 18.5 Å². The predicted octanol–water partition coefficient (Wildman–Crippen LogP) is 4.18. The zero-order valence-corrected chi connectivity index (χ0v) is 7.85. The highest BCUT2D eigenvalue weighted by atomic mass is 35.5. The summed E-state index contributed by atoms with van der Waals surface area (Å²) in [6, 6.07) is 0. The molecule has 0 unspecified atom stereocenters. The molecule has 0 aliphatic heterocycles. The minimum atomic E-state index is -4.83. The van der Waals surface area contributed by atoms with Crippen LogP contribution < -0.4 is 0 Å². The van der Waals surface area contributed by atoms with E-state index < -0.39 is 28.9 Å². The third-order valence-electron chi connectivity index (χ3n) is 0.714. The van der Waals surface area contributed by atoms with Gasteiger partial charge in [-0.15, -0.1) is 8.78 Å². The Labute approximate surface area is 88.6 Å². The van der Waals surface area contributed by atoms with E-state index in [1.807, 2.05) is 0 Å². The molecule has 0 saturated carbocycles. The van der Waals surface area contributed by atoms with Crippen LogP contribution in [0.1, 0.15) is 0 Å². The maximum Gasteiger partial charge on any atom is 0.587 e. The van der Waals surface area contributed by atoms with E-state index in [0.717, 1.165) is 0 Å². The second-order valence-corrected chi connectivity index (χ2v) is 2.42. The minimum absolute atomic E-state index is 2.00. The fourth-order valence-corrected chi connectivity index (χ4v) is 0.486. The van der Waals surface area contributed by atoms with E-state index in [4.69, 9.17) is 0 Å². The first-order valence-corrected chi connectivity index (χ1v) is 3.58. The number of rotatable bonds is 4. The van der Waals surface area contributed by atoms with E-state index in [1.54, 1.807) is 0 Å². The van der Waals surface area contributed by atoms with Crippen molar-refractivity contribution in [3.05, 3.63) is 22.6 Å². The second kappa shape index (κ2) is 5.36. The van der Waals surface area contributed by atoms with Crippen molar-refractivity contribution in [3.8, 4) is 0 Å². The van der Waals surface area contributed by atoms with Gasteiger partial charge in [0.15, 0.2) is 0 Å². The molecule has 0 aromatic rings. The Kier molecular flexibility index (Phi) is 5.09. The zero-order valence-electron chi connectivity index (χ0n) is 6.34. The first-order valence-electron chi connectivity index (χ1n) is 2.83. The first kappa shape index (κ1) is 14.2. The van der Waals surface area contributed by atoms with Crippen molar-refractivity contribution in [2.24, 2.45) is 0 Å². The van der Waals surface area contributed by atoms with Gasteiger partial charge in [0.25, 0.3) is 10.4 Å². The highest BCUT2D eigenvalue weighted by Gasteiger charge is 2.39. The minimum Gasteiger partial charge on any atom is -0.382 e. The molecule has 0 rings (SSSR count). The summed E-state index contributed by atoms with van der Waals surface area (Å²) >= 11 is 8.93. The van der Waals surface area contributed by atoms with Gasteiger partial charge in [-0.1, -0.05) is 0 Å². The van der Waals surface area contributed by atoms with Crippen LogP contribution in [0.15, 0.2) is 22.6 Å². The molecular formula is C5Cl2F6O2. The first-order chi connectivity index (χ1) is 6.65. The summed E-state index contributed by atoms with van der Waals surface area (Å²) < 4.78 is 76.6. The van der Waals surface area contributed by atoms with Gasteiger partial charge in [0.2, 0.25) is 0 Å². The summed E-state index contributed by atoms with van der Waals surface area (Å²) in [6.45, 7) is 0. The van der Waals surface area contributed by atoms with Crippen LogP contribution in [0.5, 0.6) is 0 Å². The van der Waals surface area contributed by atoms with E-state index in [0.29, 0.717) is 0 Å². The number of ether oxygens (including phenoxy) is 2. The Hall–Kier alpha value is -0.760. The Balaban J connectivity index is 4.59. The molecule has 0 fully saturated rings. The van der Waals surface area contributed by atoms with Gasteiger partial charge in [0.05, 0.1) is 0 Å². The average Bonchev–Trinajstić information content (AvgIpc) is 2.01. The molecule has 0 aromatic carbocycles. The monoisotopic (exact) mass is 276 g/mol. The maximum atomic E-state index is 12.3. The molecule has 0 amide bonds. The number of hydrogen-bond donors (Lipinski definition) is 0. The van der Waals surface area contributed by atoms with Crippen molar-refractivity contribution in [3.63, 3.8) is 0 Å². The lowest BCUT2D eigenvalue weighted by atomic mass is 11.0. The molecule has 0 heterocycles. The van der Waals surface area contributed by atoms with Gasteiger partial charge in [-0.25, -0.2) is 0 Å². The third-order valence-corrected chi connectivity index (χ3v) is 1.15. The number of hydrogen-bond acceptors (Lipinski definition) is 2. The molecule has 0 saturated heterocycles. The van der Waals surface area contributed by atoms with Gasteiger partial charge in [-0.05, 0) is 23.2 Å². The molecule has 0 atom stereocenters. The number of halogens is 8. The van der Waals surface area contributed by atoms with Gasteiger partial charge < -0.3 is 9.47 Å². The molecule has 0 aromatic heterocycles. The summed E-state index contributed by atoms with van der Waals surface area (Å²) in [5.41, 5.74) is 0. The summed E-state index contributed by atoms with van der Waals surface area (Å²) in [5, 5.41) is -3.99. The van der Waals surface area contributed by atoms with Gasteiger partial charge in [0.1, 0.15) is 0 Å². The second-order valence-electron chi connectivity index (χ2n) is 1.74. The van der Waals surface area contributed by atoms with Gasteiger partial charge in [-0.2, -0.15) is 17.6 Å². The molecular weight excluding hydrogens is 277 g/mol. The fraction of sp³-hybridized carbons (Fsp3) is 0.200. The number of alkyl halides is 2. The molecule has 10 heteroatoms. The molecule has 15 heavy (non-hydrogen) atoms. The summed E-state index contributed by atoms with van der Waals surface area (Å²) in [4.78, 5) is 0. The Morgan fingerprint density at radius 1 is 0.800 bits per heavy atom. The predicted molar refractivity (Wildman–Crippen MR) is 37.3 cm³/mol. The van der Waals surface area contributed by atoms with E-state index in [9.17, 15) is 26.3 Å². The van der Waals surface area contributed by atoms with E-state index in [-0.39, 0.29) is 0 Å². The van der Waals surface area contributed by atoms with Crippen molar-refractivity contribution in [1.29, 1.82) is 0 Å². The Bertz CT molecular complexity index is 266. The molecule has 0 aliphatic carbocycles. The fourth-order valence-electron chi connectivity index (χ4n) is 0.307. The van der Waals surface area contributed by atoms with Crippen LogP contribution in [0.2, 0.25) is 0 Å². The lowest BCUT2D eigenvalue weighted by Crippen LogP contribution is -2.23. The van der Waals surface area contributed by atoms with Crippen molar-refractivity contribution < 1.29 is 35.8 Å². The highest BCUT2D eigenvalue weighted by Crippen LogP contribution is 2.30. The lowest BCUT2D eigenvalue weighted by molar-refractivity contribution is -0.357. The zero-order chi connectivity index (χ0) is 12.2. The van der Waals surface area contributed by atoms with Crippen LogP contribution in [0.25, 0.3) is 0 Å². The molecule has 0 spiro atoms. The van der Waals surface area contributed by atoms with E-state index in [1.165, 1.54) is 0 Å². The smallest absolute Gasteiger partial charge is 0.382 e. The summed E-state index contributed by atoms with van der Waals surface area (Å²) in [5.74, 6) is 0. The van der Waals surface area contributed by atoms with Crippen LogP contribution in [0.4, 0.5) is 26.3 Å². The SMILES string of the molecule is FC(F)=C(Cl)OC(F)(F)OC(Cl)=C(F)F. The Morgan fingerprint density at radius 3 is 1.27 bits per heavy atom. The van der Waals surface area contributed by atoms with Crippen LogP contribution in [-0.2, 0) is 9.47 Å². The third kappa shape index (κ3) is 5.63. The average molecular weight is 277 g/mol. The molecule has 0 N–H and O–H groups in total. The Morgan fingerprint density at radius 2 is 1.07 bits per heavy atom. The normalized spacial score (nSPS) is 10.7. The standard InChI is InChI=1S/C5Cl2F6O2/c6-1(3(8)9)14-5(12,13)15-2(7)4(10)11. The van der Waals surface area contributed by atoms with Gasteiger partial charge >= 0.3 is 18.5 Å². The van der Waals surface area contributed by atoms with Crippen molar-refractivity contribution >= 4 is 23.2 Å². The van der Waals surface area contributed by atoms with Gasteiger partial charge in [-0.3, -0.25) is 0 Å². The molecule has 0 bridgehead atoms. The van der Waals surface area contributed by atoms with Crippen molar-refractivity contribution in [2.75, 3.05) is 0 Å².